The van der Waals surface area contributed by atoms with Gasteiger partial charge >= 0.3 is 0 Å². The van der Waals surface area contributed by atoms with E-state index in [1.807, 2.05) is 75.4 Å². The van der Waals surface area contributed by atoms with Gasteiger partial charge in [-0.2, -0.15) is 0 Å². The molecule has 0 bridgehead atoms. The molecule has 26 heavy (non-hydrogen) atoms. The zero-order chi connectivity index (χ0) is 18.9. The molecule has 0 unspecified atom stereocenters. The Morgan fingerprint density at radius 3 is 2.35 bits per heavy atom. The van der Waals surface area contributed by atoms with E-state index in [0.29, 0.717) is 13.0 Å². The monoisotopic (exact) mass is 352 g/mol. The van der Waals surface area contributed by atoms with Crippen molar-refractivity contribution >= 4 is 17.5 Å². The fraction of sp³-hybridized carbons (Fsp3) is 0.364. The fourth-order valence-electron chi connectivity index (χ4n) is 2.93. The quantitative estimate of drug-likeness (QED) is 0.767. The summed E-state index contributed by atoms with van der Waals surface area (Å²) in [6, 6.07) is 17.6. The number of carbonyl (C=O) groups is 2. The van der Waals surface area contributed by atoms with Crippen LogP contribution in [0.1, 0.15) is 43.7 Å². The SMILES string of the molecule is CCCN(CC(=O)Nc1ccccc1C)C(=O)C[C@@H](C)c1ccccc1. The van der Waals surface area contributed by atoms with Crippen molar-refractivity contribution in [3.05, 3.63) is 65.7 Å². The Labute approximate surface area is 156 Å². The molecule has 0 heterocycles. The lowest BCUT2D eigenvalue weighted by Crippen LogP contribution is -2.39. The van der Waals surface area contributed by atoms with Crippen molar-refractivity contribution < 1.29 is 9.59 Å². The topological polar surface area (TPSA) is 49.4 Å². The third kappa shape index (κ3) is 5.73. The highest BCUT2D eigenvalue weighted by atomic mass is 16.2. The third-order valence-electron chi connectivity index (χ3n) is 4.45. The van der Waals surface area contributed by atoms with Crippen LogP contribution in [0.15, 0.2) is 54.6 Å². The minimum Gasteiger partial charge on any atom is -0.333 e. The Morgan fingerprint density at radius 2 is 1.69 bits per heavy atom. The van der Waals surface area contributed by atoms with Crippen LogP contribution in [0.4, 0.5) is 5.69 Å². The second kappa shape index (κ2) is 9.76. The van der Waals surface area contributed by atoms with Gasteiger partial charge in [-0.05, 0) is 36.5 Å². The molecule has 0 aliphatic heterocycles. The van der Waals surface area contributed by atoms with E-state index in [1.54, 1.807) is 4.90 Å². The fourth-order valence-corrected chi connectivity index (χ4v) is 2.93. The lowest BCUT2D eigenvalue weighted by molar-refractivity contribution is -0.135. The van der Waals surface area contributed by atoms with Gasteiger partial charge in [0.25, 0.3) is 0 Å². The highest BCUT2D eigenvalue weighted by Crippen LogP contribution is 2.20. The maximum Gasteiger partial charge on any atom is 0.244 e. The Bertz CT molecular complexity index is 728. The van der Waals surface area contributed by atoms with Gasteiger partial charge in [-0.1, -0.05) is 62.4 Å². The molecule has 2 aromatic carbocycles. The average Bonchev–Trinajstić information content (AvgIpc) is 2.64. The Balaban J connectivity index is 1.97. The number of carbonyl (C=O) groups excluding carboxylic acids is 2. The smallest absolute Gasteiger partial charge is 0.244 e. The number of aryl methyl sites for hydroxylation is 1. The standard InChI is InChI=1S/C22H28N2O2/c1-4-14-24(16-21(25)23-20-13-9-8-10-17(20)2)22(26)15-18(3)19-11-6-5-7-12-19/h5-13,18H,4,14-16H2,1-3H3,(H,23,25)/t18-/m1/s1. The molecule has 0 saturated carbocycles. The number of rotatable bonds is 8. The number of amides is 2. The van der Waals surface area contributed by atoms with Crippen molar-refractivity contribution in [2.24, 2.45) is 0 Å². The van der Waals surface area contributed by atoms with Crippen LogP contribution in [0.5, 0.6) is 0 Å². The summed E-state index contributed by atoms with van der Waals surface area (Å²) >= 11 is 0. The number of para-hydroxylation sites is 1. The molecule has 4 heteroatoms. The van der Waals surface area contributed by atoms with Crippen molar-refractivity contribution in [3.63, 3.8) is 0 Å². The number of hydrogen-bond donors (Lipinski definition) is 1. The van der Waals surface area contributed by atoms with Crippen LogP contribution in [0.3, 0.4) is 0 Å². The maximum atomic E-state index is 12.7. The van der Waals surface area contributed by atoms with Crippen molar-refractivity contribution in [2.45, 2.75) is 39.5 Å². The molecule has 0 aromatic heterocycles. The Morgan fingerprint density at radius 1 is 1.04 bits per heavy atom. The summed E-state index contributed by atoms with van der Waals surface area (Å²) in [5, 5.41) is 2.91. The number of anilines is 1. The van der Waals surface area contributed by atoms with Crippen molar-refractivity contribution in [2.75, 3.05) is 18.4 Å². The van der Waals surface area contributed by atoms with E-state index in [0.717, 1.165) is 23.2 Å². The van der Waals surface area contributed by atoms with E-state index >= 15 is 0 Å². The number of hydrogen-bond acceptors (Lipinski definition) is 2. The molecule has 138 valence electrons. The van der Waals surface area contributed by atoms with E-state index in [2.05, 4.69) is 5.32 Å². The number of nitrogens with one attached hydrogen (secondary N) is 1. The largest absolute Gasteiger partial charge is 0.333 e. The first-order valence-corrected chi connectivity index (χ1v) is 9.19. The van der Waals surface area contributed by atoms with Gasteiger partial charge in [-0.15, -0.1) is 0 Å². The van der Waals surface area contributed by atoms with Gasteiger partial charge in [-0.3, -0.25) is 9.59 Å². The van der Waals surface area contributed by atoms with Crippen LogP contribution < -0.4 is 5.32 Å². The predicted octanol–water partition coefficient (Wildman–Crippen LogP) is 4.37. The van der Waals surface area contributed by atoms with Gasteiger partial charge in [0.2, 0.25) is 11.8 Å². The molecule has 0 aliphatic carbocycles. The highest BCUT2D eigenvalue weighted by molar-refractivity contribution is 5.95. The number of benzene rings is 2. The van der Waals surface area contributed by atoms with E-state index in [4.69, 9.17) is 0 Å². The van der Waals surface area contributed by atoms with Gasteiger partial charge in [0.1, 0.15) is 0 Å². The van der Waals surface area contributed by atoms with E-state index in [-0.39, 0.29) is 24.3 Å². The summed E-state index contributed by atoms with van der Waals surface area (Å²) in [7, 11) is 0. The summed E-state index contributed by atoms with van der Waals surface area (Å²) in [5.41, 5.74) is 2.94. The Hall–Kier alpha value is -2.62. The van der Waals surface area contributed by atoms with Crippen molar-refractivity contribution in [1.82, 2.24) is 4.90 Å². The van der Waals surface area contributed by atoms with Crippen LogP contribution in [-0.2, 0) is 9.59 Å². The van der Waals surface area contributed by atoms with Crippen molar-refractivity contribution in [1.29, 1.82) is 0 Å². The molecule has 0 radical (unpaired) electrons. The minimum absolute atomic E-state index is 0.0168. The second-order valence-corrected chi connectivity index (χ2v) is 6.69. The molecule has 0 saturated heterocycles. The lowest BCUT2D eigenvalue weighted by Gasteiger charge is -2.23. The summed E-state index contributed by atoms with van der Waals surface area (Å²) in [6.45, 7) is 6.68. The Kier molecular flexibility index (Phi) is 7.39. The van der Waals surface area contributed by atoms with Gasteiger partial charge < -0.3 is 10.2 Å². The summed E-state index contributed by atoms with van der Waals surface area (Å²) in [4.78, 5) is 26.8. The van der Waals surface area contributed by atoms with Crippen LogP contribution in [-0.4, -0.2) is 29.8 Å². The molecule has 0 fully saturated rings. The molecular weight excluding hydrogens is 324 g/mol. The molecule has 0 spiro atoms. The van der Waals surface area contributed by atoms with Gasteiger partial charge in [-0.25, -0.2) is 0 Å². The minimum atomic E-state index is -0.159. The predicted molar refractivity (Wildman–Crippen MR) is 106 cm³/mol. The zero-order valence-corrected chi connectivity index (χ0v) is 15.9. The number of nitrogens with zero attached hydrogens (tertiary/aromatic N) is 1. The van der Waals surface area contributed by atoms with Crippen molar-refractivity contribution in [3.8, 4) is 0 Å². The van der Waals surface area contributed by atoms with Crippen LogP contribution in [0.25, 0.3) is 0 Å². The van der Waals surface area contributed by atoms with Crippen LogP contribution >= 0.6 is 0 Å². The second-order valence-electron chi connectivity index (χ2n) is 6.69. The molecule has 2 amide bonds. The van der Waals surface area contributed by atoms with Crippen LogP contribution in [0.2, 0.25) is 0 Å². The molecule has 0 aliphatic rings. The van der Waals surface area contributed by atoms with Crippen LogP contribution in [0, 0.1) is 6.92 Å². The first-order valence-electron chi connectivity index (χ1n) is 9.19. The maximum absolute atomic E-state index is 12.7. The van der Waals surface area contributed by atoms with Gasteiger partial charge in [0, 0.05) is 18.7 Å². The van der Waals surface area contributed by atoms with E-state index in [9.17, 15) is 9.59 Å². The van der Waals surface area contributed by atoms with E-state index < -0.39 is 0 Å². The zero-order valence-electron chi connectivity index (χ0n) is 15.9. The van der Waals surface area contributed by atoms with Gasteiger partial charge in [0.15, 0.2) is 0 Å². The average molecular weight is 352 g/mol. The third-order valence-corrected chi connectivity index (χ3v) is 4.45. The first kappa shape index (κ1) is 19.7. The molecule has 1 N–H and O–H groups in total. The molecule has 4 nitrogen and oxygen atoms in total. The highest BCUT2D eigenvalue weighted by Gasteiger charge is 2.19. The summed E-state index contributed by atoms with van der Waals surface area (Å²) in [5.74, 6) is -0.0147. The summed E-state index contributed by atoms with van der Waals surface area (Å²) < 4.78 is 0. The molecule has 2 rings (SSSR count). The molecular formula is C22H28N2O2. The van der Waals surface area contributed by atoms with E-state index in [1.165, 1.54) is 0 Å². The normalized spacial score (nSPS) is 11.7. The lowest BCUT2D eigenvalue weighted by atomic mass is 9.97. The summed E-state index contributed by atoms with van der Waals surface area (Å²) in [6.07, 6.45) is 1.23. The van der Waals surface area contributed by atoms with Gasteiger partial charge in [0.05, 0.1) is 6.54 Å². The molecule has 2 aromatic rings. The molecule has 1 atom stereocenters. The first-order chi connectivity index (χ1) is 12.5.